The van der Waals surface area contributed by atoms with Gasteiger partial charge in [-0.2, -0.15) is 0 Å². The van der Waals surface area contributed by atoms with E-state index in [2.05, 4.69) is 27.7 Å². The minimum absolute atomic E-state index is 0.310. The van der Waals surface area contributed by atoms with Gasteiger partial charge in [-0.3, -0.25) is 0 Å². The highest BCUT2D eigenvalue weighted by atomic mass is 16.6. The quantitative estimate of drug-likeness (QED) is 0.589. The Bertz CT molecular complexity index is 162. The maximum atomic E-state index is 5.64. The molecule has 1 heterocycles. The first kappa shape index (κ1) is 12.0. The van der Waals surface area contributed by atoms with Gasteiger partial charge in [-0.1, -0.05) is 34.1 Å². The lowest BCUT2D eigenvalue weighted by molar-refractivity contribution is 0.0413. The lowest BCUT2D eigenvalue weighted by atomic mass is 9.83. The van der Waals surface area contributed by atoms with Crippen LogP contribution in [0.3, 0.4) is 0 Å². The zero-order chi connectivity index (χ0) is 10.6. The largest absolute Gasteiger partial charge is 0.378 e. The highest BCUT2D eigenvalue weighted by Gasteiger charge is 2.25. The minimum Gasteiger partial charge on any atom is -0.378 e. The summed E-state index contributed by atoms with van der Waals surface area (Å²) >= 11 is 0. The SMILES string of the molecule is CCC(C)CC(C)(C)COCC1CO1. The van der Waals surface area contributed by atoms with Crippen LogP contribution in [0.25, 0.3) is 0 Å². The van der Waals surface area contributed by atoms with Gasteiger partial charge >= 0.3 is 0 Å². The minimum atomic E-state index is 0.310. The van der Waals surface area contributed by atoms with E-state index in [4.69, 9.17) is 9.47 Å². The van der Waals surface area contributed by atoms with Crippen LogP contribution in [0.5, 0.6) is 0 Å². The highest BCUT2D eigenvalue weighted by Crippen LogP contribution is 2.27. The van der Waals surface area contributed by atoms with Crippen molar-refractivity contribution in [3.63, 3.8) is 0 Å². The molecule has 0 aromatic rings. The van der Waals surface area contributed by atoms with E-state index in [-0.39, 0.29) is 0 Å². The molecule has 1 aliphatic heterocycles. The van der Waals surface area contributed by atoms with E-state index in [1.165, 1.54) is 12.8 Å². The molecule has 0 bridgehead atoms. The Labute approximate surface area is 88.0 Å². The summed E-state index contributed by atoms with van der Waals surface area (Å²) in [6, 6.07) is 0. The number of ether oxygens (including phenoxy) is 2. The zero-order valence-corrected chi connectivity index (χ0v) is 10.0. The molecule has 0 amide bonds. The predicted octanol–water partition coefficient (Wildman–Crippen LogP) is 2.86. The topological polar surface area (TPSA) is 21.8 Å². The van der Waals surface area contributed by atoms with Crippen LogP contribution in [-0.4, -0.2) is 25.9 Å². The molecule has 0 aromatic carbocycles. The molecule has 0 N–H and O–H groups in total. The van der Waals surface area contributed by atoms with Crippen LogP contribution in [-0.2, 0) is 9.47 Å². The second-order valence-electron chi connectivity index (χ2n) is 5.35. The number of rotatable bonds is 7. The second-order valence-corrected chi connectivity index (χ2v) is 5.35. The number of epoxide rings is 1. The van der Waals surface area contributed by atoms with Gasteiger partial charge < -0.3 is 9.47 Å². The molecule has 0 aliphatic carbocycles. The van der Waals surface area contributed by atoms with Crippen LogP contribution >= 0.6 is 0 Å². The first-order chi connectivity index (χ1) is 6.53. The Kier molecular flexibility index (Phi) is 4.39. The van der Waals surface area contributed by atoms with Gasteiger partial charge in [0, 0.05) is 0 Å². The highest BCUT2D eigenvalue weighted by molar-refractivity contribution is 4.73. The summed E-state index contributed by atoms with van der Waals surface area (Å²) < 4.78 is 10.7. The van der Waals surface area contributed by atoms with Crippen molar-refractivity contribution in [2.24, 2.45) is 11.3 Å². The van der Waals surface area contributed by atoms with Crippen LogP contribution in [0.1, 0.15) is 40.5 Å². The van der Waals surface area contributed by atoms with Gasteiger partial charge in [-0.25, -0.2) is 0 Å². The molecule has 0 aromatic heterocycles. The lowest BCUT2D eigenvalue weighted by Gasteiger charge is -2.27. The summed E-state index contributed by atoms with van der Waals surface area (Å²) in [4.78, 5) is 0. The van der Waals surface area contributed by atoms with Gasteiger partial charge in [-0.05, 0) is 17.8 Å². The average molecular weight is 200 g/mol. The third-order valence-corrected chi connectivity index (χ3v) is 2.80. The van der Waals surface area contributed by atoms with Crippen LogP contribution in [0, 0.1) is 11.3 Å². The molecule has 14 heavy (non-hydrogen) atoms. The maximum absolute atomic E-state index is 5.64. The fourth-order valence-electron chi connectivity index (χ4n) is 1.78. The summed E-state index contributed by atoms with van der Waals surface area (Å²) in [5.41, 5.74) is 0.310. The molecule has 2 nitrogen and oxygen atoms in total. The third kappa shape index (κ3) is 4.97. The van der Waals surface area contributed by atoms with E-state index < -0.39 is 0 Å². The van der Waals surface area contributed by atoms with Gasteiger partial charge in [0.1, 0.15) is 6.10 Å². The second kappa shape index (κ2) is 5.13. The molecule has 1 saturated heterocycles. The Morgan fingerprint density at radius 3 is 2.64 bits per heavy atom. The molecule has 2 unspecified atom stereocenters. The summed E-state index contributed by atoms with van der Waals surface area (Å²) in [6.07, 6.45) is 2.90. The van der Waals surface area contributed by atoms with E-state index in [0.29, 0.717) is 11.5 Å². The Balaban J connectivity index is 2.11. The van der Waals surface area contributed by atoms with E-state index >= 15 is 0 Å². The number of hydrogen-bond donors (Lipinski definition) is 0. The first-order valence-electron chi connectivity index (χ1n) is 5.73. The zero-order valence-electron chi connectivity index (χ0n) is 10.0. The Morgan fingerprint density at radius 2 is 2.14 bits per heavy atom. The van der Waals surface area contributed by atoms with Crippen LogP contribution in [0.4, 0.5) is 0 Å². The van der Waals surface area contributed by atoms with Gasteiger partial charge in [0.2, 0.25) is 0 Å². The standard InChI is InChI=1S/C12H24O2/c1-5-10(2)6-12(3,4)9-13-7-11-8-14-11/h10-11H,5-9H2,1-4H3. The van der Waals surface area contributed by atoms with Crippen molar-refractivity contribution in [1.29, 1.82) is 0 Å². The van der Waals surface area contributed by atoms with Gasteiger partial charge in [0.15, 0.2) is 0 Å². The third-order valence-electron chi connectivity index (χ3n) is 2.80. The summed E-state index contributed by atoms with van der Waals surface area (Å²) in [7, 11) is 0. The average Bonchev–Trinajstić information content (AvgIpc) is 2.87. The molecular formula is C12H24O2. The summed E-state index contributed by atoms with van der Waals surface area (Å²) in [5.74, 6) is 0.797. The van der Waals surface area contributed by atoms with Crippen molar-refractivity contribution in [3.8, 4) is 0 Å². The fourth-order valence-corrected chi connectivity index (χ4v) is 1.78. The molecular weight excluding hydrogens is 176 g/mol. The Hall–Kier alpha value is -0.0800. The monoisotopic (exact) mass is 200 g/mol. The molecule has 0 radical (unpaired) electrons. The van der Waals surface area contributed by atoms with E-state index in [1.807, 2.05) is 0 Å². The van der Waals surface area contributed by atoms with E-state index in [0.717, 1.165) is 25.7 Å². The van der Waals surface area contributed by atoms with Crippen molar-refractivity contribution < 1.29 is 9.47 Å². The maximum Gasteiger partial charge on any atom is 0.104 e. The molecule has 2 atom stereocenters. The van der Waals surface area contributed by atoms with Crippen molar-refractivity contribution in [2.45, 2.75) is 46.6 Å². The molecule has 0 spiro atoms. The Morgan fingerprint density at radius 1 is 1.50 bits per heavy atom. The van der Waals surface area contributed by atoms with E-state index in [1.54, 1.807) is 0 Å². The molecule has 84 valence electrons. The predicted molar refractivity (Wildman–Crippen MR) is 58.4 cm³/mol. The molecule has 1 aliphatic rings. The summed E-state index contributed by atoms with van der Waals surface area (Å²) in [5, 5.41) is 0. The van der Waals surface area contributed by atoms with Gasteiger partial charge in [-0.15, -0.1) is 0 Å². The van der Waals surface area contributed by atoms with Crippen LogP contribution in [0.2, 0.25) is 0 Å². The normalized spacial score (nSPS) is 23.6. The van der Waals surface area contributed by atoms with Gasteiger partial charge in [0.05, 0.1) is 19.8 Å². The molecule has 2 heteroatoms. The van der Waals surface area contributed by atoms with Crippen molar-refractivity contribution in [2.75, 3.05) is 19.8 Å². The number of hydrogen-bond acceptors (Lipinski definition) is 2. The summed E-state index contributed by atoms with van der Waals surface area (Å²) in [6.45, 7) is 11.7. The first-order valence-corrected chi connectivity index (χ1v) is 5.73. The fraction of sp³-hybridized carbons (Fsp3) is 1.00. The van der Waals surface area contributed by atoms with Crippen molar-refractivity contribution in [1.82, 2.24) is 0 Å². The molecule has 1 fully saturated rings. The smallest absolute Gasteiger partial charge is 0.104 e. The molecule has 0 saturated carbocycles. The molecule has 1 rings (SSSR count). The van der Waals surface area contributed by atoms with Crippen LogP contribution < -0.4 is 0 Å². The van der Waals surface area contributed by atoms with Crippen molar-refractivity contribution >= 4 is 0 Å². The van der Waals surface area contributed by atoms with Gasteiger partial charge in [0.25, 0.3) is 0 Å². The lowest BCUT2D eigenvalue weighted by Crippen LogP contribution is -2.23. The van der Waals surface area contributed by atoms with Crippen LogP contribution in [0.15, 0.2) is 0 Å². The van der Waals surface area contributed by atoms with E-state index in [9.17, 15) is 0 Å². The van der Waals surface area contributed by atoms with Crippen molar-refractivity contribution in [3.05, 3.63) is 0 Å².